The van der Waals surface area contributed by atoms with Crippen LogP contribution >= 0.6 is 0 Å². The molecule has 3 heteroatoms. The number of amides is 1. The molecule has 0 saturated heterocycles. The molecule has 2 aliphatic heterocycles. The molecule has 120 valence electrons. The topological polar surface area (TPSA) is 52.3 Å². The third-order valence-corrected chi connectivity index (χ3v) is 6.46. The van der Waals surface area contributed by atoms with Gasteiger partial charge < -0.3 is 10.5 Å². The average molecular weight is 317 g/mol. The number of rotatable bonds is 3. The van der Waals surface area contributed by atoms with Crippen molar-refractivity contribution in [2.45, 2.75) is 36.9 Å². The Balaban J connectivity index is 1.71. The Hall–Kier alpha value is -2.13. The van der Waals surface area contributed by atoms with Crippen molar-refractivity contribution in [3.05, 3.63) is 70.3 Å². The van der Waals surface area contributed by atoms with E-state index < -0.39 is 0 Å². The van der Waals surface area contributed by atoms with Crippen LogP contribution in [0.1, 0.15) is 58.3 Å². The van der Waals surface area contributed by atoms with Gasteiger partial charge in [0.1, 0.15) is 11.2 Å². The van der Waals surface area contributed by atoms with Crippen LogP contribution in [0.5, 0.6) is 0 Å². The summed E-state index contributed by atoms with van der Waals surface area (Å²) in [5.74, 6) is 0.712. The maximum atomic E-state index is 11.7. The van der Waals surface area contributed by atoms with Crippen LogP contribution in [0.25, 0.3) is 0 Å². The molecule has 0 radical (unpaired) electrons. The summed E-state index contributed by atoms with van der Waals surface area (Å²) in [7, 11) is 0. The first-order chi connectivity index (χ1) is 11.7. The predicted molar refractivity (Wildman–Crippen MR) is 89.5 cm³/mol. The molecule has 2 bridgehead atoms. The molecule has 2 fully saturated rings. The number of ether oxygens (including phenoxy) is 1. The molecule has 0 aromatic heterocycles. The lowest BCUT2D eigenvalue weighted by atomic mass is 9.69. The normalized spacial score (nSPS) is 32.5. The van der Waals surface area contributed by atoms with Crippen molar-refractivity contribution in [1.29, 1.82) is 0 Å². The van der Waals surface area contributed by atoms with Gasteiger partial charge in [-0.25, -0.2) is 0 Å². The molecule has 2 aliphatic carbocycles. The minimum Gasteiger partial charge on any atom is -0.366 e. The predicted octanol–water partition coefficient (Wildman–Crippen LogP) is 3.44. The summed E-state index contributed by atoms with van der Waals surface area (Å²) in [4.78, 5) is 11.7. The minimum absolute atomic E-state index is 0.301. The lowest BCUT2D eigenvalue weighted by Gasteiger charge is -2.30. The Kier molecular flexibility index (Phi) is 2.15. The molecule has 2 saturated carbocycles. The largest absolute Gasteiger partial charge is 0.366 e. The highest BCUT2D eigenvalue weighted by molar-refractivity contribution is 5.93. The highest BCUT2D eigenvalue weighted by atomic mass is 16.5. The summed E-state index contributed by atoms with van der Waals surface area (Å²) in [5, 5.41) is 0. The van der Waals surface area contributed by atoms with Crippen molar-refractivity contribution < 1.29 is 9.53 Å². The number of hydrogen-bond donors (Lipinski definition) is 1. The Morgan fingerprint density at radius 1 is 0.875 bits per heavy atom. The van der Waals surface area contributed by atoms with E-state index in [1.807, 2.05) is 12.1 Å². The Bertz CT molecular complexity index is 912. The van der Waals surface area contributed by atoms with Crippen molar-refractivity contribution >= 4 is 5.91 Å². The maximum absolute atomic E-state index is 11.7. The first-order valence-corrected chi connectivity index (χ1v) is 8.93. The third kappa shape index (κ3) is 1.30. The van der Waals surface area contributed by atoms with E-state index in [-0.39, 0.29) is 17.1 Å². The van der Waals surface area contributed by atoms with Crippen LogP contribution in [0.15, 0.2) is 42.5 Å². The fourth-order valence-electron chi connectivity index (χ4n) is 5.25. The molecule has 3 nitrogen and oxygen atoms in total. The first-order valence-electron chi connectivity index (χ1n) is 8.93. The Morgan fingerprint density at radius 2 is 1.42 bits per heavy atom. The first kappa shape index (κ1) is 13.2. The second kappa shape index (κ2) is 3.92. The Morgan fingerprint density at radius 3 is 1.96 bits per heavy atom. The molecule has 2 aromatic carbocycles. The van der Waals surface area contributed by atoms with Gasteiger partial charge in [-0.3, -0.25) is 4.79 Å². The van der Waals surface area contributed by atoms with Gasteiger partial charge in [0.15, 0.2) is 0 Å². The summed E-state index contributed by atoms with van der Waals surface area (Å²) in [6.45, 7) is 0. The lowest BCUT2D eigenvalue weighted by molar-refractivity contribution is -0.0957. The number of fused-ring (bicyclic) bond motifs is 8. The average Bonchev–Trinajstić information content (AvgIpc) is 3.53. The summed E-state index contributed by atoms with van der Waals surface area (Å²) >= 11 is 0. The number of carbonyl (C=O) groups is 1. The molecule has 0 spiro atoms. The van der Waals surface area contributed by atoms with E-state index >= 15 is 0 Å². The van der Waals surface area contributed by atoms with Gasteiger partial charge >= 0.3 is 0 Å². The molecular weight excluding hydrogens is 298 g/mol. The number of benzene rings is 2. The van der Waals surface area contributed by atoms with Crippen molar-refractivity contribution in [2.75, 3.05) is 0 Å². The van der Waals surface area contributed by atoms with Gasteiger partial charge in [0.2, 0.25) is 5.91 Å². The molecule has 2 unspecified atom stereocenters. The zero-order valence-electron chi connectivity index (χ0n) is 13.4. The minimum atomic E-state index is -0.361. The van der Waals surface area contributed by atoms with E-state index in [0.29, 0.717) is 17.4 Å². The van der Waals surface area contributed by atoms with Crippen LogP contribution in [0.3, 0.4) is 0 Å². The zero-order valence-corrected chi connectivity index (χ0v) is 13.4. The summed E-state index contributed by atoms with van der Waals surface area (Å²) < 4.78 is 7.02. The highest BCUT2D eigenvalue weighted by Gasteiger charge is 2.70. The van der Waals surface area contributed by atoms with Crippen molar-refractivity contribution in [3.63, 3.8) is 0 Å². The number of carbonyl (C=O) groups excluding carboxylic acids is 1. The van der Waals surface area contributed by atoms with Crippen LogP contribution < -0.4 is 5.73 Å². The molecule has 4 aliphatic rings. The maximum Gasteiger partial charge on any atom is 0.248 e. The quantitative estimate of drug-likeness (QED) is 0.943. The summed E-state index contributed by atoms with van der Waals surface area (Å²) in [6.07, 6.45) is 4.81. The van der Waals surface area contributed by atoms with E-state index in [0.717, 1.165) is 0 Å². The number of nitrogens with two attached hydrogens (primary N) is 1. The van der Waals surface area contributed by atoms with E-state index in [9.17, 15) is 4.79 Å². The lowest BCUT2D eigenvalue weighted by Crippen LogP contribution is -2.28. The van der Waals surface area contributed by atoms with E-state index in [2.05, 4.69) is 30.3 Å². The SMILES string of the molecule is NC(=O)c1ccc2c(c1)C1(C3CC3)OC2(C2CC2)c2ccccc21. The molecule has 2 heterocycles. The fraction of sp³-hybridized carbons (Fsp3) is 0.381. The van der Waals surface area contributed by atoms with Crippen LogP contribution in [-0.4, -0.2) is 5.91 Å². The fourth-order valence-corrected chi connectivity index (χ4v) is 5.25. The standard InChI is InChI=1S/C21H19NO2/c22-19(23)12-5-10-17-18(11-12)21(14-8-9-14)16-4-2-1-3-15(16)20(17,24-21)13-6-7-13/h1-5,10-11,13-14H,6-9H2,(H2,22,23). The van der Waals surface area contributed by atoms with Crippen molar-refractivity contribution in [1.82, 2.24) is 0 Å². The van der Waals surface area contributed by atoms with Gasteiger partial charge in [-0.15, -0.1) is 0 Å². The van der Waals surface area contributed by atoms with Gasteiger partial charge in [0.25, 0.3) is 0 Å². The van der Waals surface area contributed by atoms with Gasteiger partial charge in [-0.1, -0.05) is 30.3 Å². The van der Waals surface area contributed by atoms with Crippen LogP contribution in [0, 0.1) is 11.8 Å². The second-order valence-corrected chi connectivity index (χ2v) is 7.79. The molecule has 2 atom stereocenters. The Labute approximate surface area is 140 Å². The number of primary amides is 1. The molecule has 1 amide bonds. The molecule has 2 N–H and O–H groups in total. The van der Waals surface area contributed by atoms with Crippen LogP contribution in [0.4, 0.5) is 0 Å². The smallest absolute Gasteiger partial charge is 0.248 e. The number of hydrogen-bond acceptors (Lipinski definition) is 2. The van der Waals surface area contributed by atoms with Gasteiger partial charge in [-0.2, -0.15) is 0 Å². The van der Waals surface area contributed by atoms with Gasteiger partial charge in [-0.05, 0) is 71.9 Å². The van der Waals surface area contributed by atoms with Crippen LogP contribution in [-0.2, 0) is 15.9 Å². The molecular formula is C21H19NO2. The molecule has 2 aromatic rings. The summed E-state index contributed by atoms with van der Waals surface area (Å²) in [6, 6.07) is 14.7. The van der Waals surface area contributed by atoms with Gasteiger partial charge in [0, 0.05) is 5.56 Å². The van der Waals surface area contributed by atoms with Gasteiger partial charge in [0.05, 0.1) is 0 Å². The summed E-state index contributed by atoms with van der Waals surface area (Å²) in [5.41, 5.74) is 10.7. The van der Waals surface area contributed by atoms with E-state index in [1.54, 1.807) is 0 Å². The van der Waals surface area contributed by atoms with E-state index in [4.69, 9.17) is 10.5 Å². The zero-order chi connectivity index (χ0) is 16.1. The third-order valence-electron chi connectivity index (χ3n) is 6.46. The second-order valence-electron chi connectivity index (χ2n) is 7.79. The highest BCUT2D eigenvalue weighted by Crippen LogP contribution is 2.72. The van der Waals surface area contributed by atoms with Crippen molar-refractivity contribution in [3.8, 4) is 0 Å². The molecule has 6 rings (SSSR count). The van der Waals surface area contributed by atoms with E-state index in [1.165, 1.54) is 47.9 Å². The monoisotopic (exact) mass is 317 g/mol. The molecule has 24 heavy (non-hydrogen) atoms. The van der Waals surface area contributed by atoms with Crippen LogP contribution in [0.2, 0.25) is 0 Å². The van der Waals surface area contributed by atoms with Crippen molar-refractivity contribution in [2.24, 2.45) is 17.6 Å².